The molecule has 7 aromatic rings. The number of fused-ring (bicyclic) bond motifs is 2. The fourth-order valence-electron chi connectivity index (χ4n) is 7.29. The van der Waals surface area contributed by atoms with Crippen LogP contribution in [-0.4, -0.2) is 83.6 Å². The summed E-state index contributed by atoms with van der Waals surface area (Å²) in [6.07, 6.45) is -3.26. The number of rotatable bonds is 15. The summed E-state index contributed by atoms with van der Waals surface area (Å²) in [7, 11) is 0. The SMILES string of the molecule is Cc1cc(-c2cnc3c(NCCC(F)(F)F)cc(Br)nn23)ccc1C(=O)NC1CC1.Cc1cc(-c2cnc3c(NCCC(F)(F)F)cc(Sc4ccc(Cl)cc4CO)nn23)ccc1C(=O)NC1CC1. The van der Waals surface area contributed by atoms with E-state index in [9.17, 15) is 41.0 Å². The van der Waals surface area contributed by atoms with E-state index in [0.29, 0.717) is 70.3 Å². The van der Waals surface area contributed by atoms with Gasteiger partial charge in [0.2, 0.25) is 0 Å². The molecule has 0 atom stereocenters. The van der Waals surface area contributed by atoms with Crippen LogP contribution in [0.2, 0.25) is 5.02 Å². The van der Waals surface area contributed by atoms with Crippen molar-refractivity contribution in [2.75, 3.05) is 23.7 Å². The first-order valence-electron chi connectivity index (χ1n) is 21.8. The minimum atomic E-state index is -4.31. The van der Waals surface area contributed by atoms with Crippen LogP contribution >= 0.6 is 39.3 Å². The van der Waals surface area contributed by atoms with Crippen molar-refractivity contribution in [3.8, 4) is 22.5 Å². The van der Waals surface area contributed by atoms with Gasteiger partial charge in [0.1, 0.15) is 9.63 Å². The van der Waals surface area contributed by atoms with Gasteiger partial charge in [0.25, 0.3) is 11.8 Å². The Kier molecular flexibility index (Phi) is 14.8. The molecule has 0 radical (unpaired) electrons. The normalized spacial score (nSPS) is 13.8. The number of carbonyl (C=O) groups excluding carboxylic acids is 2. The van der Waals surface area contributed by atoms with Gasteiger partial charge in [-0.2, -0.15) is 36.5 Å². The smallest absolute Gasteiger partial charge is 0.390 e. The fourth-order valence-corrected chi connectivity index (χ4v) is 8.78. The molecule has 0 unspecified atom stereocenters. The average molecular weight is 1060 g/mol. The highest BCUT2D eigenvalue weighted by molar-refractivity contribution is 9.10. The van der Waals surface area contributed by atoms with E-state index in [-0.39, 0.29) is 43.6 Å². The number of carbonyl (C=O) groups is 2. The van der Waals surface area contributed by atoms with Crippen LogP contribution in [0.3, 0.4) is 0 Å². The number of imidazole rings is 2. The minimum Gasteiger partial charge on any atom is -0.392 e. The van der Waals surface area contributed by atoms with Crippen molar-refractivity contribution >= 4 is 73.8 Å². The second-order valence-corrected chi connectivity index (χ2v) is 19.0. The molecule has 2 aliphatic rings. The number of hydrogen-bond acceptors (Lipinski definition) is 10. The Balaban J connectivity index is 0.000000192. The van der Waals surface area contributed by atoms with E-state index in [1.807, 2.05) is 32.0 Å². The topological polar surface area (TPSA) is 163 Å². The number of anilines is 2. The third kappa shape index (κ3) is 12.7. The summed E-state index contributed by atoms with van der Waals surface area (Å²) < 4.78 is 79.5. The first kappa shape index (κ1) is 49.5. The maximum Gasteiger partial charge on any atom is 0.390 e. The fraction of sp³-hybridized carbons (Fsp3) is 0.319. The lowest BCUT2D eigenvalue weighted by Gasteiger charge is -2.13. The Bertz CT molecular complexity index is 3050. The van der Waals surface area contributed by atoms with E-state index in [0.717, 1.165) is 47.9 Å². The Morgan fingerprint density at radius 2 is 1.22 bits per heavy atom. The second-order valence-electron chi connectivity index (χ2n) is 16.7. The summed E-state index contributed by atoms with van der Waals surface area (Å²) in [6.45, 7) is 2.88. The van der Waals surface area contributed by atoms with Crippen LogP contribution in [0, 0.1) is 13.8 Å². The molecule has 362 valence electrons. The van der Waals surface area contributed by atoms with Crippen LogP contribution in [-0.2, 0) is 6.61 Å². The summed E-state index contributed by atoms with van der Waals surface area (Å²) >= 11 is 10.6. The lowest BCUT2D eigenvalue weighted by atomic mass is 10.0. The molecular formula is C47H44BrClF6N10O3S. The zero-order chi connectivity index (χ0) is 49.2. The molecule has 2 amide bonds. The molecule has 0 bridgehead atoms. The highest BCUT2D eigenvalue weighted by Gasteiger charge is 2.29. The van der Waals surface area contributed by atoms with Gasteiger partial charge in [-0.3, -0.25) is 9.59 Å². The van der Waals surface area contributed by atoms with Gasteiger partial charge in [0, 0.05) is 57.3 Å². The van der Waals surface area contributed by atoms with Crippen LogP contribution in [0.15, 0.2) is 93.6 Å². The van der Waals surface area contributed by atoms with Crippen molar-refractivity contribution in [2.24, 2.45) is 0 Å². The van der Waals surface area contributed by atoms with Crippen molar-refractivity contribution in [3.05, 3.63) is 117 Å². The van der Waals surface area contributed by atoms with Gasteiger partial charge in [-0.15, -0.1) is 0 Å². The summed E-state index contributed by atoms with van der Waals surface area (Å²) in [4.78, 5) is 34.4. The Hall–Kier alpha value is -5.90. The lowest BCUT2D eigenvalue weighted by molar-refractivity contribution is -0.132. The van der Waals surface area contributed by atoms with Gasteiger partial charge in [0.15, 0.2) is 11.3 Å². The molecule has 4 heterocycles. The van der Waals surface area contributed by atoms with Crippen LogP contribution in [0.1, 0.15) is 75.9 Å². The van der Waals surface area contributed by atoms with Crippen molar-refractivity contribution in [1.82, 2.24) is 39.8 Å². The number of nitrogens with zero attached hydrogens (tertiary/aromatic N) is 6. The van der Waals surface area contributed by atoms with Crippen molar-refractivity contribution < 1.29 is 41.0 Å². The predicted molar refractivity (Wildman–Crippen MR) is 255 cm³/mol. The Morgan fingerprint density at radius 3 is 1.68 bits per heavy atom. The molecule has 69 heavy (non-hydrogen) atoms. The van der Waals surface area contributed by atoms with Crippen LogP contribution in [0.5, 0.6) is 0 Å². The molecule has 22 heteroatoms. The van der Waals surface area contributed by atoms with E-state index in [4.69, 9.17) is 16.7 Å². The quantitative estimate of drug-likeness (QED) is 0.0625. The number of halogens is 8. The largest absolute Gasteiger partial charge is 0.392 e. The van der Waals surface area contributed by atoms with Crippen molar-refractivity contribution in [2.45, 2.75) is 93.3 Å². The molecule has 4 aromatic heterocycles. The van der Waals surface area contributed by atoms with E-state index in [2.05, 4.69) is 52.3 Å². The Morgan fingerprint density at radius 1 is 0.725 bits per heavy atom. The summed E-state index contributed by atoms with van der Waals surface area (Å²) in [5.41, 5.74) is 7.85. The van der Waals surface area contributed by atoms with Crippen LogP contribution in [0.25, 0.3) is 33.8 Å². The molecule has 5 N–H and O–H groups in total. The number of nitrogens with one attached hydrogen (secondary N) is 4. The molecule has 0 aliphatic heterocycles. The number of amides is 2. The first-order chi connectivity index (χ1) is 32.8. The monoisotopic (exact) mass is 1060 g/mol. The molecule has 2 saturated carbocycles. The number of hydrogen-bond donors (Lipinski definition) is 5. The third-order valence-electron chi connectivity index (χ3n) is 11.1. The zero-order valence-electron chi connectivity index (χ0n) is 36.9. The van der Waals surface area contributed by atoms with E-state index >= 15 is 0 Å². The van der Waals surface area contributed by atoms with Gasteiger partial charge in [-0.25, -0.2) is 19.0 Å². The van der Waals surface area contributed by atoms with Gasteiger partial charge >= 0.3 is 12.4 Å². The van der Waals surface area contributed by atoms with Gasteiger partial charge < -0.3 is 26.4 Å². The second kappa shape index (κ2) is 20.6. The summed E-state index contributed by atoms with van der Waals surface area (Å²) in [6, 6.07) is 19.7. The van der Waals surface area contributed by atoms with Gasteiger partial charge in [-0.05, 0) is 127 Å². The molecule has 0 spiro atoms. The highest BCUT2D eigenvalue weighted by Crippen LogP contribution is 2.36. The zero-order valence-corrected chi connectivity index (χ0v) is 40.1. The average Bonchev–Trinajstić information content (AvgIpc) is 4.20. The summed E-state index contributed by atoms with van der Waals surface area (Å²) in [5, 5.41) is 31.4. The van der Waals surface area contributed by atoms with E-state index in [1.54, 1.807) is 70.0 Å². The maximum absolute atomic E-state index is 12.8. The standard InChI is InChI=1S/C27H25ClF3N5O2S.C20H19BrF3N5O/c1-15-10-16(2-6-20(15)26(38)34-19-4-5-19)22-13-33-25-21(32-9-8-27(29,30)31)12-24(35-36(22)25)39-23-7-3-18(28)11-17(23)14-37;1-11-8-12(2-5-14(11)19(30)27-13-3-4-13)16-10-26-18-15(9-17(21)28-29(16)18)25-7-6-20(22,23)24/h2-3,6-7,10-13,19,32,37H,4-5,8-9,14H2,1H3,(H,34,38);2,5,8-10,13,25H,3-4,6-7H2,1H3,(H,27,30). The molecule has 9 rings (SSSR count). The molecule has 2 aliphatic carbocycles. The molecular weight excluding hydrogens is 1010 g/mol. The minimum absolute atomic E-state index is 0.0864. The highest BCUT2D eigenvalue weighted by atomic mass is 79.9. The van der Waals surface area contributed by atoms with Crippen molar-refractivity contribution in [3.63, 3.8) is 0 Å². The maximum atomic E-state index is 12.8. The predicted octanol–water partition coefficient (Wildman–Crippen LogP) is 11.0. The number of aryl methyl sites for hydroxylation is 2. The summed E-state index contributed by atoms with van der Waals surface area (Å²) in [5.74, 6) is -0.202. The van der Waals surface area contributed by atoms with Gasteiger partial charge in [0.05, 0.1) is 54.6 Å². The van der Waals surface area contributed by atoms with Crippen LogP contribution in [0.4, 0.5) is 37.7 Å². The van der Waals surface area contributed by atoms with E-state index < -0.39 is 25.2 Å². The molecule has 2 fully saturated rings. The lowest BCUT2D eigenvalue weighted by Crippen LogP contribution is -2.26. The van der Waals surface area contributed by atoms with Crippen molar-refractivity contribution in [1.29, 1.82) is 0 Å². The van der Waals surface area contributed by atoms with Gasteiger partial charge in [-0.1, -0.05) is 35.5 Å². The number of aromatic nitrogens is 6. The molecule has 0 saturated heterocycles. The number of aliphatic hydroxyl groups is 1. The molecule has 13 nitrogen and oxygen atoms in total. The molecule has 3 aromatic carbocycles. The first-order valence-corrected chi connectivity index (χ1v) is 23.8. The Labute approximate surface area is 409 Å². The van der Waals surface area contributed by atoms with E-state index in [1.165, 1.54) is 11.8 Å². The number of aliphatic hydroxyl groups excluding tert-OH is 1. The number of benzene rings is 3. The third-order valence-corrected chi connectivity index (χ3v) is 12.7. The van der Waals surface area contributed by atoms with Crippen LogP contribution < -0.4 is 21.3 Å². The number of alkyl halides is 6.